The molecule has 0 saturated heterocycles. The van der Waals surface area contributed by atoms with E-state index in [9.17, 15) is 18.0 Å². The number of rotatable bonds is 10. The lowest BCUT2D eigenvalue weighted by atomic mass is 9.98. The Bertz CT molecular complexity index is 947. The maximum absolute atomic E-state index is 12.7. The van der Waals surface area contributed by atoms with Crippen molar-refractivity contribution in [2.45, 2.75) is 37.6 Å². The summed E-state index contributed by atoms with van der Waals surface area (Å²) in [6, 6.07) is 13.9. The van der Waals surface area contributed by atoms with Gasteiger partial charge in [-0.05, 0) is 48.7 Å². The molecule has 0 aliphatic heterocycles. The lowest BCUT2D eigenvalue weighted by molar-refractivity contribution is -0.124. The third-order valence-electron chi connectivity index (χ3n) is 4.88. The fraction of sp³-hybridized carbons (Fsp3) is 0.364. The molecule has 0 aliphatic carbocycles. The third-order valence-corrected chi connectivity index (χ3v) is 6.95. The fourth-order valence-electron chi connectivity index (χ4n) is 2.86. The van der Waals surface area contributed by atoms with Crippen molar-refractivity contribution in [2.75, 3.05) is 12.3 Å². The second-order valence-corrected chi connectivity index (χ2v) is 9.67. The van der Waals surface area contributed by atoms with Crippen LogP contribution in [-0.4, -0.2) is 38.6 Å². The highest BCUT2D eigenvalue weighted by Crippen LogP contribution is 2.13. The Labute approximate surface area is 182 Å². The summed E-state index contributed by atoms with van der Waals surface area (Å²) in [7, 11) is -3.39. The van der Waals surface area contributed by atoms with E-state index >= 15 is 0 Å². The van der Waals surface area contributed by atoms with Crippen LogP contribution in [0.2, 0.25) is 5.02 Å². The van der Waals surface area contributed by atoms with E-state index in [1.807, 2.05) is 13.8 Å². The minimum absolute atomic E-state index is 0.0670. The van der Waals surface area contributed by atoms with E-state index < -0.39 is 15.9 Å². The smallest absolute Gasteiger partial charge is 0.251 e. The zero-order chi connectivity index (χ0) is 22.1. The van der Waals surface area contributed by atoms with E-state index in [2.05, 4.69) is 10.6 Å². The molecule has 0 bridgehead atoms. The van der Waals surface area contributed by atoms with Crippen LogP contribution in [0.3, 0.4) is 0 Å². The maximum Gasteiger partial charge on any atom is 0.251 e. The molecule has 162 valence electrons. The number of nitrogens with one attached hydrogen (secondary N) is 2. The normalized spacial score (nSPS) is 13.3. The number of amides is 2. The fourth-order valence-corrected chi connectivity index (χ4v) is 4.32. The standard InChI is InChI=1S/C22H27ClN2O4S/c1-3-16(2)20(25-21(26)17-10-12-18(23)13-11-17)22(27)24-14-7-15-30(28,29)19-8-5-4-6-9-19/h4-6,8-13,16,20H,3,7,14-15H2,1-2H3,(H,24,27)(H,25,26). The highest BCUT2D eigenvalue weighted by Gasteiger charge is 2.26. The van der Waals surface area contributed by atoms with Crippen molar-refractivity contribution in [1.29, 1.82) is 0 Å². The Kier molecular flexibility index (Phi) is 8.87. The van der Waals surface area contributed by atoms with Gasteiger partial charge in [-0.15, -0.1) is 0 Å². The Morgan fingerprint density at radius 3 is 2.27 bits per heavy atom. The second-order valence-electron chi connectivity index (χ2n) is 7.12. The van der Waals surface area contributed by atoms with Crippen molar-refractivity contribution in [2.24, 2.45) is 5.92 Å². The quantitative estimate of drug-likeness (QED) is 0.542. The third kappa shape index (κ3) is 6.85. The average Bonchev–Trinajstić information content (AvgIpc) is 2.75. The molecule has 0 fully saturated rings. The van der Waals surface area contributed by atoms with Gasteiger partial charge < -0.3 is 10.6 Å². The molecule has 2 unspecified atom stereocenters. The van der Waals surface area contributed by atoms with Crippen LogP contribution in [0, 0.1) is 5.92 Å². The van der Waals surface area contributed by atoms with Gasteiger partial charge in [0.15, 0.2) is 9.84 Å². The Hall–Kier alpha value is -2.38. The summed E-state index contributed by atoms with van der Waals surface area (Å²) in [5, 5.41) is 6.04. The summed E-state index contributed by atoms with van der Waals surface area (Å²) in [5.74, 6) is -0.848. The molecule has 2 rings (SSSR count). The predicted molar refractivity (Wildman–Crippen MR) is 118 cm³/mol. The van der Waals surface area contributed by atoms with Gasteiger partial charge >= 0.3 is 0 Å². The molecule has 6 nitrogen and oxygen atoms in total. The first-order chi connectivity index (χ1) is 14.2. The first-order valence-corrected chi connectivity index (χ1v) is 11.9. The SMILES string of the molecule is CCC(C)C(NC(=O)c1ccc(Cl)cc1)C(=O)NCCCS(=O)(=O)c1ccccc1. The molecule has 8 heteroatoms. The van der Waals surface area contributed by atoms with Gasteiger partial charge in [-0.2, -0.15) is 0 Å². The van der Waals surface area contributed by atoms with Crippen LogP contribution in [0.4, 0.5) is 0 Å². The monoisotopic (exact) mass is 450 g/mol. The predicted octanol–water partition coefficient (Wildman–Crippen LogP) is 3.46. The van der Waals surface area contributed by atoms with Crippen molar-refractivity contribution >= 4 is 33.3 Å². The lowest BCUT2D eigenvalue weighted by Gasteiger charge is -2.23. The molecule has 2 atom stereocenters. The zero-order valence-electron chi connectivity index (χ0n) is 17.1. The minimum Gasteiger partial charge on any atom is -0.354 e. The van der Waals surface area contributed by atoms with E-state index in [1.165, 1.54) is 0 Å². The van der Waals surface area contributed by atoms with Crippen molar-refractivity contribution in [3.63, 3.8) is 0 Å². The van der Waals surface area contributed by atoms with Crippen molar-refractivity contribution in [3.8, 4) is 0 Å². The average molecular weight is 451 g/mol. The molecule has 0 aromatic heterocycles. The number of hydrogen-bond acceptors (Lipinski definition) is 4. The summed E-state index contributed by atoms with van der Waals surface area (Å²) in [5.41, 5.74) is 0.412. The molecule has 30 heavy (non-hydrogen) atoms. The summed E-state index contributed by atoms with van der Waals surface area (Å²) in [4.78, 5) is 25.4. The number of halogens is 1. The van der Waals surface area contributed by atoms with E-state index in [1.54, 1.807) is 54.6 Å². The Balaban J connectivity index is 1.92. The Morgan fingerprint density at radius 2 is 1.67 bits per heavy atom. The van der Waals surface area contributed by atoms with Gasteiger partial charge in [-0.3, -0.25) is 9.59 Å². The first-order valence-electron chi connectivity index (χ1n) is 9.86. The van der Waals surface area contributed by atoms with Gasteiger partial charge in [0, 0.05) is 17.1 Å². The molecule has 2 N–H and O–H groups in total. The molecule has 0 aliphatic rings. The highest BCUT2D eigenvalue weighted by atomic mass is 35.5. The molecule has 2 aromatic carbocycles. The number of benzene rings is 2. The van der Waals surface area contributed by atoms with Crippen LogP contribution in [0.1, 0.15) is 37.0 Å². The molecule has 0 radical (unpaired) electrons. The minimum atomic E-state index is -3.39. The molecular weight excluding hydrogens is 424 g/mol. The van der Waals surface area contributed by atoms with Crippen LogP contribution in [0.25, 0.3) is 0 Å². The van der Waals surface area contributed by atoms with E-state index in [4.69, 9.17) is 11.6 Å². The van der Waals surface area contributed by atoms with Gasteiger partial charge in [0.05, 0.1) is 10.6 Å². The van der Waals surface area contributed by atoms with Crippen LogP contribution < -0.4 is 10.6 Å². The molecule has 0 saturated carbocycles. The molecule has 2 aromatic rings. The van der Waals surface area contributed by atoms with Crippen molar-refractivity contribution in [3.05, 3.63) is 65.2 Å². The topological polar surface area (TPSA) is 92.3 Å². The van der Waals surface area contributed by atoms with Crippen molar-refractivity contribution < 1.29 is 18.0 Å². The number of sulfone groups is 1. The number of carbonyl (C=O) groups is 2. The van der Waals surface area contributed by atoms with Gasteiger partial charge in [0.25, 0.3) is 5.91 Å². The van der Waals surface area contributed by atoms with Gasteiger partial charge in [0.1, 0.15) is 6.04 Å². The summed E-state index contributed by atoms with van der Waals surface area (Å²) >= 11 is 5.85. The molecule has 0 heterocycles. The molecule has 0 spiro atoms. The van der Waals surface area contributed by atoms with Crippen molar-refractivity contribution in [1.82, 2.24) is 10.6 Å². The van der Waals surface area contributed by atoms with E-state index in [-0.39, 0.29) is 41.3 Å². The molecular formula is C22H27ClN2O4S. The molecule has 2 amide bonds. The summed E-state index contributed by atoms with van der Waals surface area (Å²) < 4.78 is 24.6. The van der Waals surface area contributed by atoms with Crippen LogP contribution in [-0.2, 0) is 14.6 Å². The second kappa shape index (κ2) is 11.1. The maximum atomic E-state index is 12.7. The van der Waals surface area contributed by atoms with Gasteiger partial charge in [-0.1, -0.05) is 50.1 Å². The lowest BCUT2D eigenvalue weighted by Crippen LogP contribution is -2.50. The van der Waals surface area contributed by atoms with E-state index in [0.717, 1.165) is 0 Å². The summed E-state index contributed by atoms with van der Waals surface area (Å²) in [6.07, 6.45) is 0.975. The van der Waals surface area contributed by atoms with Crippen LogP contribution in [0.15, 0.2) is 59.5 Å². The number of hydrogen-bond donors (Lipinski definition) is 2. The van der Waals surface area contributed by atoms with Gasteiger partial charge in [-0.25, -0.2) is 8.42 Å². The Morgan fingerprint density at radius 1 is 1.03 bits per heavy atom. The van der Waals surface area contributed by atoms with E-state index in [0.29, 0.717) is 17.0 Å². The first kappa shape index (κ1) is 23.9. The number of carbonyl (C=O) groups excluding carboxylic acids is 2. The van der Waals surface area contributed by atoms with Crippen LogP contribution >= 0.6 is 11.6 Å². The van der Waals surface area contributed by atoms with Gasteiger partial charge in [0.2, 0.25) is 5.91 Å². The summed E-state index contributed by atoms with van der Waals surface area (Å²) in [6.45, 7) is 4.02. The zero-order valence-corrected chi connectivity index (χ0v) is 18.7. The van der Waals surface area contributed by atoms with Crippen LogP contribution in [0.5, 0.6) is 0 Å². The largest absolute Gasteiger partial charge is 0.354 e. The highest BCUT2D eigenvalue weighted by molar-refractivity contribution is 7.91.